The quantitative estimate of drug-likeness (QED) is 0.364. The van der Waals surface area contributed by atoms with Gasteiger partial charge in [-0.3, -0.25) is 0 Å². The third-order valence-electron chi connectivity index (χ3n) is 3.91. The van der Waals surface area contributed by atoms with E-state index in [4.69, 9.17) is 9.15 Å². The molecule has 0 aliphatic carbocycles. The maximum absolute atomic E-state index is 10.5. The summed E-state index contributed by atoms with van der Waals surface area (Å²) in [5.41, 5.74) is -0.00435. The Hall–Kier alpha value is -2.47. The molecule has 142 valence electrons. The molecule has 1 aromatic heterocycles. The van der Waals surface area contributed by atoms with Crippen LogP contribution in [0.3, 0.4) is 0 Å². The van der Waals surface area contributed by atoms with Crippen LogP contribution in [0.1, 0.15) is 31.6 Å². The van der Waals surface area contributed by atoms with E-state index in [-0.39, 0.29) is 6.54 Å². The number of furan rings is 1. The molecule has 0 saturated carbocycles. The van der Waals surface area contributed by atoms with Crippen molar-refractivity contribution < 1.29 is 14.3 Å². The fourth-order valence-corrected chi connectivity index (χ4v) is 2.42. The van der Waals surface area contributed by atoms with Crippen molar-refractivity contribution in [2.24, 2.45) is 4.99 Å². The van der Waals surface area contributed by atoms with Crippen LogP contribution in [0, 0.1) is 6.92 Å². The predicted molar refractivity (Wildman–Crippen MR) is 104 cm³/mol. The van der Waals surface area contributed by atoms with Crippen LogP contribution in [0.25, 0.3) is 0 Å². The number of hydrogen-bond acceptors (Lipinski definition) is 4. The van der Waals surface area contributed by atoms with E-state index in [1.807, 2.05) is 38.1 Å². The lowest BCUT2D eigenvalue weighted by Gasteiger charge is -2.19. The van der Waals surface area contributed by atoms with E-state index in [1.54, 1.807) is 25.3 Å². The number of guanidine groups is 1. The predicted octanol–water partition coefficient (Wildman–Crippen LogP) is 2.82. The summed E-state index contributed by atoms with van der Waals surface area (Å²) >= 11 is 0. The number of aliphatic hydroxyl groups is 1. The molecule has 0 amide bonds. The Kier molecular flexibility index (Phi) is 7.53. The van der Waals surface area contributed by atoms with Gasteiger partial charge in [0, 0.05) is 13.1 Å². The molecule has 26 heavy (non-hydrogen) atoms. The number of hydrogen-bond donors (Lipinski definition) is 3. The van der Waals surface area contributed by atoms with Crippen molar-refractivity contribution in [1.29, 1.82) is 0 Å². The molecule has 0 spiro atoms. The number of rotatable bonds is 9. The van der Waals surface area contributed by atoms with E-state index in [0.717, 1.165) is 30.8 Å². The van der Waals surface area contributed by atoms with Crippen LogP contribution >= 0.6 is 0 Å². The minimum absolute atomic E-state index is 0.204. The molecule has 2 aromatic rings. The standard InChI is InChI=1S/C20H29N3O3/c1-4-21-19(23-15-20(3,24)18-11-7-13-26-18)22-12-8-14-25-17-10-6-5-9-16(17)2/h5-7,9-11,13,24H,4,8,12,14-15H2,1-3H3,(H2,21,22,23). The molecule has 3 N–H and O–H groups in total. The zero-order valence-electron chi connectivity index (χ0n) is 15.8. The maximum Gasteiger partial charge on any atom is 0.191 e. The SMILES string of the molecule is CCNC(=NCC(C)(O)c1ccco1)NCCCOc1ccccc1C. The fraction of sp³-hybridized carbons (Fsp3) is 0.450. The van der Waals surface area contributed by atoms with Crippen LogP contribution < -0.4 is 15.4 Å². The largest absolute Gasteiger partial charge is 0.493 e. The van der Waals surface area contributed by atoms with E-state index < -0.39 is 5.60 Å². The Morgan fingerprint density at radius 3 is 2.73 bits per heavy atom. The number of ether oxygens (including phenoxy) is 1. The van der Waals surface area contributed by atoms with Gasteiger partial charge >= 0.3 is 0 Å². The number of nitrogens with zero attached hydrogens (tertiary/aromatic N) is 1. The summed E-state index contributed by atoms with van der Waals surface area (Å²) in [6.45, 7) is 8.03. The van der Waals surface area contributed by atoms with Crippen LogP contribution in [0.2, 0.25) is 0 Å². The van der Waals surface area contributed by atoms with E-state index >= 15 is 0 Å². The van der Waals surface area contributed by atoms with Crippen LogP contribution in [-0.4, -0.2) is 37.3 Å². The van der Waals surface area contributed by atoms with Crippen LogP contribution in [0.5, 0.6) is 5.75 Å². The van der Waals surface area contributed by atoms with Gasteiger partial charge < -0.3 is 24.9 Å². The minimum Gasteiger partial charge on any atom is -0.493 e. The highest BCUT2D eigenvalue weighted by atomic mass is 16.5. The second kappa shape index (κ2) is 9.87. The first-order valence-corrected chi connectivity index (χ1v) is 9.00. The first-order chi connectivity index (χ1) is 12.5. The van der Waals surface area contributed by atoms with E-state index in [0.29, 0.717) is 18.3 Å². The number of benzene rings is 1. The Morgan fingerprint density at radius 1 is 1.23 bits per heavy atom. The molecule has 0 saturated heterocycles. The molecular formula is C20H29N3O3. The summed E-state index contributed by atoms with van der Waals surface area (Å²) in [6, 6.07) is 11.5. The molecule has 6 nitrogen and oxygen atoms in total. The second-order valence-electron chi connectivity index (χ2n) is 6.34. The molecule has 1 atom stereocenters. The van der Waals surface area contributed by atoms with Gasteiger partial charge in [0.25, 0.3) is 0 Å². The van der Waals surface area contributed by atoms with Crippen molar-refractivity contribution in [3.8, 4) is 5.75 Å². The summed E-state index contributed by atoms with van der Waals surface area (Å²) in [6.07, 6.45) is 2.39. The smallest absolute Gasteiger partial charge is 0.191 e. The summed E-state index contributed by atoms with van der Waals surface area (Å²) in [5, 5.41) is 16.9. The lowest BCUT2D eigenvalue weighted by molar-refractivity contribution is 0.0437. The first kappa shape index (κ1) is 19.8. The van der Waals surface area contributed by atoms with E-state index in [9.17, 15) is 5.11 Å². The Balaban J connectivity index is 1.77. The van der Waals surface area contributed by atoms with Crippen molar-refractivity contribution in [2.45, 2.75) is 32.8 Å². The molecule has 2 rings (SSSR count). The maximum atomic E-state index is 10.5. The summed E-state index contributed by atoms with van der Waals surface area (Å²) in [4.78, 5) is 4.45. The van der Waals surface area contributed by atoms with Crippen molar-refractivity contribution >= 4 is 5.96 Å². The highest BCUT2D eigenvalue weighted by Gasteiger charge is 2.25. The molecule has 0 radical (unpaired) electrons. The molecular weight excluding hydrogens is 330 g/mol. The minimum atomic E-state index is -1.14. The van der Waals surface area contributed by atoms with Crippen LogP contribution in [0.4, 0.5) is 0 Å². The van der Waals surface area contributed by atoms with E-state index in [1.165, 1.54) is 0 Å². The van der Waals surface area contributed by atoms with Gasteiger partial charge in [0.2, 0.25) is 0 Å². The van der Waals surface area contributed by atoms with Crippen molar-refractivity contribution in [3.05, 3.63) is 54.0 Å². The molecule has 1 aromatic carbocycles. The molecule has 0 aliphatic rings. The highest BCUT2D eigenvalue weighted by Crippen LogP contribution is 2.21. The molecule has 1 heterocycles. The van der Waals surface area contributed by atoms with Crippen LogP contribution in [0.15, 0.2) is 52.1 Å². The topological polar surface area (TPSA) is 79.0 Å². The van der Waals surface area contributed by atoms with E-state index in [2.05, 4.69) is 15.6 Å². The summed E-state index contributed by atoms with van der Waals surface area (Å²) in [5.74, 6) is 2.08. The van der Waals surface area contributed by atoms with Crippen molar-refractivity contribution in [1.82, 2.24) is 10.6 Å². The zero-order valence-corrected chi connectivity index (χ0v) is 15.8. The molecule has 0 fully saturated rings. The van der Waals surface area contributed by atoms with Gasteiger partial charge in [-0.2, -0.15) is 0 Å². The summed E-state index contributed by atoms with van der Waals surface area (Å²) < 4.78 is 11.1. The molecule has 0 aliphatic heterocycles. The third-order valence-corrected chi connectivity index (χ3v) is 3.91. The number of aryl methyl sites for hydroxylation is 1. The number of para-hydroxylation sites is 1. The van der Waals surface area contributed by atoms with Gasteiger partial charge in [0.05, 0.1) is 19.4 Å². The van der Waals surface area contributed by atoms with Gasteiger partial charge in [-0.1, -0.05) is 18.2 Å². The fourth-order valence-electron chi connectivity index (χ4n) is 2.42. The van der Waals surface area contributed by atoms with Crippen LogP contribution in [-0.2, 0) is 5.60 Å². The lowest BCUT2D eigenvalue weighted by Crippen LogP contribution is -2.39. The Bertz CT molecular complexity index is 681. The van der Waals surface area contributed by atoms with Gasteiger partial charge in [0.1, 0.15) is 17.1 Å². The highest BCUT2D eigenvalue weighted by molar-refractivity contribution is 5.79. The molecule has 1 unspecified atom stereocenters. The van der Waals surface area contributed by atoms with Gasteiger partial charge in [-0.05, 0) is 51.0 Å². The average molecular weight is 359 g/mol. The number of nitrogens with one attached hydrogen (secondary N) is 2. The first-order valence-electron chi connectivity index (χ1n) is 9.00. The molecule has 0 bridgehead atoms. The van der Waals surface area contributed by atoms with Gasteiger partial charge in [0.15, 0.2) is 5.96 Å². The zero-order chi connectivity index (χ0) is 18.8. The lowest BCUT2D eigenvalue weighted by atomic mass is 10.0. The normalized spacial score (nSPS) is 13.9. The monoisotopic (exact) mass is 359 g/mol. The summed E-state index contributed by atoms with van der Waals surface area (Å²) in [7, 11) is 0. The van der Waals surface area contributed by atoms with Gasteiger partial charge in [-0.25, -0.2) is 4.99 Å². The van der Waals surface area contributed by atoms with Crippen molar-refractivity contribution in [2.75, 3.05) is 26.2 Å². The Labute approximate surface area is 155 Å². The Morgan fingerprint density at radius 2 is 2.04 bits per heavy atom. The van der Waals surface area contributed by atoms with Gasteiger partial charge in [-0.15, -0.1) is 0 Å². The average Bonchev–Trinajstić information content (AvgIpc) is 3.16. The second-order valence-corrected chi connectivity index (χ2v) is 6.34. The van der Waals surface area contributed by atoms with Crippen molar-refractivity contribution in [3.63, 3.8) is 0 Å². The molecule has 6 heteroatoms. The number of aliphatic imine (C=N–C) groups is 1. The third kappa shape index (κ3) is 6.11.